The van der Waals surface area contributed by atoms with E-state index in [1.807, 2.05) is 6.26 Å². The minimum Gasteiger partial charge on any atom is -0.464 e. The number of fused-ring (bicyclic) bond motifs is 4. The van der Waals surface area contributed by atoms with Gasteiger partial charge in [0, 0.05) is 24.0 Å². The van der Waals surface area contributed by atoms with E-state index in [0.29, 0.717) is 6.04 Å². The largest absolute Gasteiger partial charge is 0.464 e. The van der Waals surface area contributed by atoms with Crippen molar-refractivity contribution in [2.24, 2.45) is 11.8 Å². The van der Waals surface area contributed by atoms with E-state index in [2.05, 4.69) is 43.9 Å². The molecule has 2 bridgehead atoms. The highest BCUT2D eigenvalue weighted by Crippen LogP contribution is 2.41. The zero-order valence-electron chi connectivity index (χ0n) is 14.7. The Labute approximate surface area is 139 Å². The average Bonchev–Trinajstić information content (AvgIpc) is 2.97. The Morgan fingerprint density at radius 3 is 2.96 bits per heavy atom. The molecule has 4 atom stereocenters. The summed E-state index contributed by atoms with van der Waals surface area (Å²) in [4.78, 5) is 2.82. The lowest BCUT2D eigenvalue weighted by atomic mass is 9.71. The molecular formula is C21H29NO. The summed E-state index contributed by atoms with van der Waals surface area (Å²) >= 11 is 0. The molecule has 5 rings (SSSR count). The van der Waals surface area contributed by atoms with Crippen molar-refractivity contribution in [3.05, 3.63) is 35.6 Å². The maximum Gasteiger partial charge on any atom is 0.134 e. The molecule has 3 heterocycles. The van der Waals surface area contributed by atoms with Crippen LogP contribution >= 0.6 is 0 Å². The summed E-state index contributed by atoms with van der Waals surface area (Å²) in [5.74, 6) is 1.86. The van der Waals surface area contributed by atoms with Crippen molar-refractivity contribution in [1.29, 1.82) is 0 Å². The highest BCUT2D eigenvalue weighted by atomic mass is 16.3. The third-order valence-electron chi connectivity index (χ3n) is 6.36. The topological polar surface area (TPSA) is 16.4 Å². The molecule has 0 radical (unpaired) electrons. The second kappa shape index (κ2) is 5.98. The highest BCUT2D eigenvalue weighted by molar-refractivity contribution is 5.81. The van der Waals surface area contributed by atoms with Gasteiger partial charge in [0.2, 0.25) is 0 Å². The van der Waals surface area contributed by atoms with Crippen LogP contribution in [0.2, 0.25) is 0 Å². The van der Waals surface area contributed by atoms with E-state index in [0.717, 1.165) is 29.9 Å². The van der Waals surface area contributed by atoms with Crippen molar-refractivity contribution >= 4 is 11.0 Å². The van der Waals surface area contributed by atoms with Gasteiger partial charge >= 0.3 is 0 Å². The fourth-order valence-corrected chi connectivity index (χ4v) is 5.12. The molecule has 2 nitrogen and oxygen atoms in total. The molecule has 1 aliphatic carbocycles. The summed E-state index contributed by atoms with van der Waals surface area (Å²) < 4.78 is 5.78. The van der Waals surface area contributed by atoms with Crippen LogP contribution in [0.4, 0.5) is 0 Å². The predicted molar refractivity (Wildman–Crippen MR) is 95.7 cm³/mol. The zero-order chi connectivity index (χ0) is 16.0. The Kier molecular flexibility index (Phi) is 3.96. The van der Waals surface area contributed by atoms with E-state index in [4.69, 9.17) is 4.42 Å². The fraction of sp³-hybridized carbons (Fsp3) is 0.619. The van der Waals surface area contributed by atoms with Crippen LogP contribution < -0.4 is 0 Å². The lowest BCUT2D eigenvalue weighted by Gasteiger charge is -2.52. The first-order valence-electron chi connectivity index (χ1n) is 9.38. The number of piperidine rings is 2. The maximum absolute atomic E-state index is 5.78. The quantitative estimate of drug-likeness (QED) is 0.773. The van der Waals surface area contributed by atoms with Gasteiger partial charge in [-0.3, -0.25) is 4.90 Å². The third-order valence-corrected chi connectivity index (χ3v) is 6.36. The first-order valence-corrected chi connectivity index (χ1v) is 9.38. The Hall–Kier alpha value is -1.28. The number of rotatable bonds is 4. The molecule has 3 fully saturated rings. The molecule has 3 aliphatic rings. The molecule has 0 amide bonds. The summed E-state index contributed by atoms with van der Waals surface area (Å²) in [7, 11) is 0. The number of hydrogen-bond donors (Lipinski definition) is 0. The van der Waals surface area contributed by atoms with Crippen LogP contribution in [0, 0.1) is 18.8 Å². The Balaban J connectivity index is 1.55. The second-order valence-corrected chi connectivity index (χ2v) is 7.93. The van der Waals surface area contributed by atoms with Gasteiger partial charge in [-0.25, -0.2) is 0 Å². The molecule has 3 unspecified atom stereocenters. The molecule has 2 heteroatoms. The third kappa shape index (κ3) is 2.71. The van der Waals surface area contributed by atoms with E-state index < -0.39 is 0 Å². The van der Waals surface area contributed by atoms with Crippen molar-refractivity contribution < 1.29 is 4.42 Å². The molecule has 23 heavy (non-hydrogen) atoms. The molecule has 2 aliphatic heterocycles. The SMILES string of the molecule is CCC1CC2CCC1N([C@@H](C)Cc1coc3ccc(C)cc13)C2. The average molecular weight is 311 g/mol. The van der Waals surface area contributed by atoms with Gasteiger partial charge in [-0.15, -0.1) is 0 Å². The summed E-state index contributed by atoms with van der Waals surface area (Å²) in [5.41, 5.74) is 3.73. The number of benzene rings is 1. The number of furan rings is 1. The summed E-state index contributed by atoms with van der Waals surface area (Å²) in [6.45, 7) is 8.27. The Bertz CT molecular complexity index is 688. The summed E-state index contributed by atoms with van der Waals surface area (Å²) in [6.07, 6.45) is 8.78. The van der Waals surface area contributed by atoms with Gasteiger partial charge in [0.1, 0.15) is 5.58 Å². The van der Waals surface area contributed by atoms with Crippen LogP contribution in [-0.2, 0) is 6.42 Å². The molecular weight excluding hydrogens is 282 g/mol. The second-order valence-electron chi connectivity index (χ2n) is 7.93. The highest BCUT2D eigenvalue weighted by Gasteiger charge is 2.41. The van der Waals surface area contributed by atoms with Crippen molar-refractivity contribution in [3.8, 4) is 0 Å². The van der Waals surface area contributed by atoms with Crippen molar-refractivity contribution in [1.82, 2.24) is 4.90 Å². The maximum atomic E-state index is 5.78. The summed E-state index contributed by atoms with van der Waals surface area (Å²) in [6, 6.07) is 7.94. The normalized spacial score (nSPS) is 29.3. The minimum atomic E-state index is 0.610. The van der Waals surface area contributed by atoms with Crippen LogP contribution in [0.15, 0.2) is 28.9 Å². The van der Waals surface area contributed by atoms with Crippen LogP contribution in [0.3, 0.4) is 0 Å². The van der Waals surface area contributed by atoms with E-state index in [-0.39, 0.29) is 0 Å². The lowest BCUT2D eigenvalue weighted by Crippen LogP contribution is -2.56. The summed E-state index contributed by atoms with van der Waals surface area (Å²) in [5, 5.41) is 1.31. The first kappa shape index (κ1) is 15.3. The molecule has 1 aromatic heterocycles. The fourth-order valence-electron chi connectivity index (χ4n) is 5.12. The van der Waals surface area contributed by atoms with Crippen LogP contribution in [0.25, 0.3) is 11.0 Å². The van der Waals surface area contributed by atoms with Gasteiger partial charge in [-0.1, -0.05) is 25.0 Å². The van der Waals surface area contributed by atoms with E-state index in [1.54, 1.807) is 0 Å². The van der Waals surface area contributed by atoms with Crippen LogP contribution in [0.1, 0.15) is 50.7 Å². The molecule has 2 aromatic rings. The van der Waals surface area contributed by atoms with E-state index in [9.17, 15) is 0 Å². The van der Waals surface area contributed by atoms with Gasteiger partial charge < -0.3 is 4.42 Å². The molecule has 0 spiro atoms. The van der Waals surface area contributed by atoms with Gasteiger partial charge in [-0.2, -0.15) is 0 Å². The molecule has 0 N–H and O–H groups in total. The number of hydrogen-bond acceptors (Lipinski definition) is 2. The first-order chi connectivity index (χ1) is 11.2. The van der Waals surface area contributed by atoms with Crippen LogP contribution in [-0.4, -0.2) is 23.5 Å². The standard InChI is InChI=1S/C21H29NO/c1-4-17-11-16-6-7-20(17)22(12-16)15(3)10-18-13-23-21-8-5-14(2)9-19(18)21/h5,8-9,13,15-17,20H,4,6-7,10-12H2,1-3H3/t15-,16?,17?,20?/m0/s1. The minimum absolute atomic E-state index is 0.610. The van der Waals surface area contributed by atoms with E-state index in [1.165, 1.54) is 48.7 Å². The molecule has 1 aromatic carbocycles. The smallest absolute Gasteiger partial charge is 0.134 e. The van der Waals surface area contributed by atoms with Gasteiger partial charge in [-0.05, 0) is 69.1 Å². The number of nitrogens with zero attached hydrogens (tertiary/aromatic N) is 1. The molecule has 124 valence electrons. The van der Waals surface area contributed by atoms with Crippen molar-refractivity contribution in [2.45, 2.75) is 65.0 Å². The van der Waals surface area contributed by atoms with Crippen molar-refractivity contribution in [2.75, 3.05) is 6.54 Å². The van der Waals surface area contributed by atoms with Crippen molar-refractivity contribution in [3.63, 3.8) is 0 Å². The predicted octanol–water partition coefficient (Wildman–Crippen LogP) is 5.18. The zero-order valence-corrected chi connectivity index (χ0v) is 14.7. The Morgan fingerprint density at radius 2 is 2.17 bits per heavy atom. The lowest BCUT2D eigenvalue weighted by molar-refractivity contribution is -0.0239. The van der Waals surface area contributed by atoms with Gasteiger partial charge in [0.25, 0.3) is 0 Å². The van der Waals surface area contributed by atoms with Gasteiger partial charge in [0.15, 0.2) is 0 Å². The molecule has 1 saturated carbocycles. The number of aryl methyl sites for hydroxylation is 1. The molecule has 2 saturated heterocycles. The Morgan fingerprint density at radius 1 is 1.30 bits per heavy atom. The monoisotopic (exact) mass is 311 g/mol. The van der Waals surface area contributed by atoms with Gasteiger partial charge in [0.05, 0.1) is 6.26 Å². The van der Waals surface area contributed by atoms with E-state index >= 15 is 0 Å². The van der Waals surface area contributed by atoms with Crippen LogP contribution in [0.5, 0.6) is 0 Å².